The largest absolute Gasteiger partial charge is 0.506 e. The predicted molar refractivity (Wildman–Crippen MR) is 430 cm³/mol. The summed E-state index contributed by atoms with van der Waals surface area (Å²) in [6, 6.07) is 0. The number of esters is 2. The summed E-state index contributed by atoms with van der Waals surface area (Å²) in [7, 11) is -0.495. The molecule has 0 spiro atoms. The zero-order chi connectivity index (χ0) is 75.0. The van der Waals surface area contributed by atoms with Crippen molar-refractivity contribution in [1.29, 1.82) is 0 Å². The van der Waals surface area contributed by atoms with E-state index in [2.05, 4.69) is 142 Å². The molecular weight excluding hydrogens is 1380 g/mol. The smallest absolute Gasteiger partial charge is 0.479 e. The number of carbonyl (C=O) groups excluding carboxylic acids is 2. The van der Waals surface area contributed by atoms with Crippen LogP contribution in [-0.4, -0.2) is 71.4 Å². The SMILES string of the molecule is BrC1=CCCCC1.CCOC(=O)C(OC(C)(C)C)c1c(C)sc(B2OC(C)(C)C(C)(C)O2)c1C1=CCC(C)(C)CC1.CCOC(=O)C(OC(C)(C)C)c1c(C)sc(C2=CCCCC2)c1C1=CCC(C)(C)CC1.Cc1sc(C2=CCCCC2)c(C2=CCC(C)(C)CC2)c1C(OC(C)(C)C)C(=O)O. The summed E-state index contributed by atoms with van der Waals surface area (Å²) < 4.78 is 45.2. The van der Waals surface area contributed by atoms with Crippen molar-refractivity contribution in [2.75, 3.05) is 13.2 Å². The number of carboxylic acids is 1. The van der Waals surface area contributed by atoms with Crippen LogP contribution in [0.4, 0.5) is 0 Å². The van der Waals surface area contributed by atoms with Gasteiger partial charge in [-0.25, -0.2) is 14.4 Å². The van der Waals surface area contributed by atoms with E-state index in [0.29, 0.717) is 24.0 Å². The summed E-state index contributed by atoms with van der Waals surface area (Å²) in [5, 5.41) is 10.1. The van der Waals surface area contributed by atoms with Crippen molar-refractivity contribution >= 4 is 108 Å². The van der Waals surface area contributed by atoms with Crippen molar-refractivity contribution in [2.24, 2.45) is 16.2 Å². The van der Waals surface area contributed by atoms with Crippen LogP contribution < -0.4 is 4.78 Å². The lowest BCUT2D eigenvalue weighted by Gasteiger charge is -2.32. The number of rotatable bonds is 17. The van der Waals surface area contributed by atoms with E-state index in [-0.39, 0.29) is 17.4 Å². The normalized spacial score (nSPS) is 21.2. The number of halogens is 1. The Morgan fingerprint density at radius 2 is 0.812 bits per heavy atom. The summed E-state index contributed by atoms with van der Waals surface area (Å²) in [6.45, 7) is 50.5. The van der Waals surface area contributed by atoms with Gasteiger partial charge in [0.25, 0.3) is 0 Å². The highest BCUT2D eigenvalue weighted by molar-refractivity contribution is 9.11. The molecule has 4 heterocycles. The third-order valence-corrected chi connectivity index (χ3v) is 24.9. The molecule has 3 aromatic heterocycles. The first-order chi connectivity index (χ1) is 46.9. The third-order valence-electron chi connectivity index (χ3n) is 20.6. The van der Waals surface area contributed by atoms with Crippen molar-refractivity contribution in [3.05, 3.63) is 98.7 Å². The number of carbonyl (C=O) groups is 3. The Hall–Kier alpha value is -3.71. The van der Waals surface area contributed by atoms with Crippen molar-refractivity contribution in [2.45, 2.75) is 347 Å². The first-order valence-electron chi connectivity index (χ1n) is 38.0. The van der Waals surface area contributed by atoms with E-state index in [4.69, 9.17) is 33.0 Å². The van der Waals surface area contributed by atoms with Gasteiger partial charge in [-0.3, -0.25) is 0 Å². The van der Waals surface area contributed by atoms with E-state index in [9.17, 15) is 19.5 Å². The fourth-order valence-electron chi connectivity index (χ4n) is 14.2. The van der Waals surface area contributed by atoms with E-state index < -0.39 is 59.4 Å². The van der Waals surface area contributed by atoms with E-state index in [1.165, 1.54) is 104 Å². The standard InChI is InChI=1S/C27H43BO5S.C27H40O3S.C25H36O3S.C6H9Br/c1-12-30-23(29)21(31-24(3,4)5)19-17(2)34-22(28-32-26(8,9)27(10,11)33-28)20(19)18-13-15-25(6,7)16-14-18;1-8-29-25(28)23(30-26(3,4)5)21-18(2)31-24(20-12-10-9-11-13-20)22(21)19-14-16-27(6,7)17-15-19;1-16-19(21(23(26)27)28-24(2,3)4)20(17-12-14-25(5,6)15-13-17)22(29-16)18-10-8-7-9-11-18;7-6-4-2-1-3-5-6/h13,21H,12,14-16H2,1-11H3;12,14,23H,8-11,13,15-17H2,1-7H3;10,12,21H,7-9,11,13-15H2,1-6H3,(H,26,27);4H,1-3,5H2. The van der Waals surface area contributed by atoms with Gasteiger partial charge in [-0.05, 0) is 314 Å². The number of carboxylic acid groups (broad SMARTS) is 1. The van der Waals surface area contributed by atoms with Gasteiger partial charge in [0.05, 0.1) is 41.2 Å². The summed E-state index contributed by atoms with van der Waals surface area (Å²) >= 11 is 8.69. The fourth-order valence-corrected chi connectivity index (χ4v) is 18.4. The molecule has 0 radical (unpaired) electrons. The van der Waals surface area contributed by atoms with Gasteiger partial charge >= 0.3 is 25.0 Å². The van der Waals surface area contributed by atoms with Crippen LogP contribution in [0.5, 0.6) is 0 Å². The number of ether oxygens (including phenoxy) is 5. The molecule has 3 unspecified atom stereocenters. The van der Waals surface area contributed by atoms with Crippen LogP contribution in [-0.2, 0) is 47.4 Å². The first-order valence-corrected chi connectivity index (χ1v) is 41.3. The molecule has 0 saturated carbocycles. The molecule has 6 aliphatic carbocycles. The Morgan fingerprint density at radius 1 is 0.475 bits per heavy atom. The Kier molecular flexibility index (Phi) is 29.2. The summed E-state index contributed by atoms with van der Waals surface area (Å²) in [6.07, 6.45) is 35.9. The molecular formula is C85H128BBrO11S3. The maximum atomic E-state index is 13.2. The molecule has 3 aromatic rings. The molecule has 16 heteroatoms. The van der Waals surface area contributed by atoms with Crippen LogP contribution in [0.3, 0.4) is 0 Å². The zero-order valence-electron chi connectivity index (χ0n) is 66.7. The minimum absolute atomic E-state index is 0.266. The molecule has 0 amide bonds. The van der Waals surface area contributed by atoms with Gasteiger partial charge < -0.3 is 38.1 Å². The van der Waals surface area contributed by atoms with Crippen molar-refractivity contribution in [3.8, 4) is 0 Å². The van der Waals surface area contributed by atoms with Gasteiger partial charge in [-0.1, -0.05) is 93.9 Å². The fraction of sp³-hybridized carbons (Fsp3) is 0.682. The minimum atomic E-state index is -0.935. The van der Waals surface area contributed by atoms with Gasteiger partial charge in [0.1, 0.15) is 0 Å². The highest BCUT2D eigenvalue weighted by atomic mass is 79.9. The average Bonchev–Trinajstić information content (AvgIpc) is 1.62. The molecule has 562 valence electrons. The zero-order valence-corrected chi connectivity index (χ0v) is 70.7. The van der Waals surface area contributed by atoms with Crippen LogP contribution in [0.25, 0.3) is 27.9 Å². The molecule has 11 nitrogen and oxygen atoms in total. The first kappa shape index (κ1) is 84.6. The number of thiophene rings is 3. The number of allylic oxidation sites excluding steroid dienone is 12. The molecule has 0 bridgehead atoms. The summed E-state index contributed by atoms with van der Waals surface area (Å²) in [5.74, 6) is -1.53. The third kappa shape index (κ3) is 23.2. The van der Waals surface area contributed by atoms with Crippen molar-refractivity contribution in [1.82, 2.24) is 0 Å². The molecule has 0 aromatic carbocycles. The van der Waals surface area contributed by atoms with Gasteiger partial charge in [0.15, 0.2) is 18.3 Å². The average molecular weight is 1510 g/mol. The van der Waals surface area contributed by atoms with Gasteiger partial charge in [0, 0.05) is 57.0 Å². The van der Waals surface area contributed by atoms with Gasteiger partial charge in [-0.15, -0.1) is 34.0 Å². The highest BCUT2D eigenvalue weighted by Crippen LogP contribution is 2.52. The Balaban J connectivity index is 0.000000202. The number of aliphatic carboxylic acids is 1. The van der Waals surface area contributed by atoms with Crippen LogP contribution in [0.15, 0.2) is 40.9 Å². The Bertz CT molecular complexity index is 3550. The van der Waals surface area contributed by atoms with Crippen LogP contribution in [0, 0.1) is 37.0 Å². The summed E-state index contributed by atoms with van der Waals surface area (Å²) in [5.41, 5.74) is 11.6. The molecule has 1 N–H and O–H groups in total. The van der Waals surface area contributed by atoms with Crippen LogP contribution in [0.1, 0.15) is 356 Å². The quantitative estimate of drug-likeness (QED) is 0.102. The van der Waals surface area contributed by atoms with Crippen molar-refractivity contribution in [3.63, 3.8) is 0 Å². The number of aryl methyl sites for hydroxylation is 3. The molecule has 101 heavy (non-hydrogen) atoms. The number of hydrogen-bond donors (Lipinski definition) is 1. The van der Waals surface area contributed by atoms with Gasteiger partial charge in [-0.2, -0.15) is 0 Å². The van der Waals surface area contributed by atoms with Gasteiger partial charge in [0.2, 0.25) is 0 Å². The maximum Gasteiger partial charge on any atom is 0.506 e. The molecule has 10 rings (SSSR count). The Morgan fingerprint density at radius 3 is 1.11 bits per heavy atom. The molecule has 1 aliphatic heterocycles. The lowest BCUT2D eigenvalue weighted by molar-refractivity contribution is -0.167. The summed E-state index contributed by atoms with van der Waals surface area (Å²) in [4.78, 5) is 44.6. The van der Waals surface area contributed by atoms with Crippen LogP contribution in [0.2, 0.25) is 0 Å². The highest BCUT2D eigenvalue weighted by Gasteiger charge is 2.54. The van der Waals surface area contributed by atoms with Crippen LogP contribution >= 0.6 is 49.9 Å². The van der Waals surface area contributed by atoms with E-state index >= 15 is 0 Å². The van der Waals surface area contributed by atoms with E-state index in [1.54, 1.807) is 22.7 Å². The van der Waals surface area contributed by atoms with E-state index in [0.717, 1.165) is 126 Å². The predicted octanol–water partition coefficient (Wildman–Crippen LogP) is 24.8. The topological polar surface area (TPSA) is 136 Å². The monoisotopic (exact) mass is 1510 g/mol. The molecule has 1 fully saturated rings. The van der Waals surface area contributed by atoms with Crippen molar-refractivity contribution < 1.29 is 52.5 Å². The second kappa shape index (κ2) is 34.9. The molecule has 7 aliphatic rings. The molecule has 3 atom stereocenters. The lowest BCUT2D eigenvalue weighted by atomic mass is 9.73. The number of hydrogen-bond acceptors (Lipinski definition) is 13. The molecule has 1 saturated heterocycles. The lowest BCUT2D eigenvalue weighted by Crippen LogP contribution is -2.41. The second-order valence-electron chi connectivity index (χ2n) is 35.3. The second-order valence-corrected chi connectivity index (χ2v) is 40.0. The van der Waals surface area contributed by atoms with E-state index in [1.807, 2.05) is 87.5 Å². The minimum Gasteiger partial charge on any atom is -0.479 e. The maximum absolute atomic E-state index is 13.2. The Labute approximate surface area is 631 Å².